The first-order chi connectivity index (χ1) is 10.0. The van der Waals surface area contributed by atoms with Crippen LogP contribution >= 0.6 is 0 Å². The molecule has 4 heteroatoms. The lowest BCUT2D eigenvalue weighted by Crippen LogP contribution is -2.61. The van der Waals surface area contributed by atoms with Crippen LogP contribution in [0.2, 0.25) is 0 Å². The smallest absolute Gasteiger partial charge is 0.327 e. The number of likely N-dealkylation sites (N-methyl/N-ethyl adjacent to an activating group) is 1. The number of hydrogen-bond acceptors (Lipinski definition) is 4. The van der Waals surface area contributed by atoms with Gasteiger partial charge in [0.1, 0.15) is 5.54 Å². The third-order valence-corrected chi connectivity index (χ3v) is 4.95. The third-order valence-electron chi connectivity index (χ3n) is 4.95. The molecule has 1 N–H and O–H groups in total. The van der Waals surface area contributed by atoms with Crippen LogP contribution in [0.3, 0.4) is 0 Å². The van der Waals surface area contributed by atoms with Crippen LogP contribution in [0.25, 0.3) is 0 Å². The van der Waals surface area contributed by atoms with Crippen LogP contribution in [-0.2, 0) is 9.53 Å². The lowest BCUT2D eigenvalue weighted by molar-refractivity contribution is -0.153. The van der Waals surface area contributed by atoms with Crippen molar-refractivity contribution in [2.75, 3.05) is 33.3 Å². The van der Waals surface area contributed by atoms with Crippen LogP contribution in [0, 0.1) is 17.8 Å². The lowest BCUT2D eigenvalue weighted by atomic mass is 9.91. The molecule has 0 radical (unpaired) electrons. The van der Waals surface area contributed by atoms with Crippen molar-refractivity contribution < 1.29 is 9.53 Å². The predicted octanol–water partition coefficient (Wildman–Crippen LogP) is 2.29. The summed E-state index contributed by atoms with van der Waals surface area (Å²) in [7, 11) is 2.15. The van der Waals surface area contributed by atoms with Gasteiger partial charge in [0.15, 0.2) is 0 Å². The van der Waals surface area contributed by atoms with Crippen molar-refractivity contribution >= 4 is 5.97 Å². The molecule has 0 bridgehead atoms. The van der Waals surface area contributed by atoms with Gasteiger partial charge in [0.2, 0.25) is 0 Å². The van der Waals surface area contributed by atoms with E-state index in [9.17, 15) is 4.79 Å². The summed E-state index contributed by atoms with van der Waals surface area (Å²) in [5, 5.41) is 3.55. The highest BCUT2D eigenvalue weighted by Gasteiger charge is 2.52. The topological polar surface area (TPSA) is 41.6 Å². The fraction of sp³-hybridized carbons (Fsp3) is 0.941. The minimum Gasteiger partial charge on any atom is -0.465 e. The highest BCUT2D eigenvalue weighted by molar-refractivity contribution is 5.82. The van der Waals surface area contributed by atoms with Gasteiger partial charge < -0.3 is 15.0 Å². The highest BCUT2D eigenvalue weighted by Crippen LogP contribution is 2.42. The average molecular weight is 296 g/mol. The molecule has 2 saturated carbocycles. The van der Waals surface area contributed by atoms with Crippen molar-refractivity contribution in [3.63, 3.8) is 0 Å². The molecule has 0 amide bonds. The minimum atomic E-state index is -0.487. The number of carbonyl (C=O) groups excluding carboxylic acids is 1. The fourth-order valence-corrected chi connectivity index (χ4v) is 3.36. The van der Waals surface area contributed by atoms with Crippen molar-refractivity contribution in [3.8, 4) is 0 Å². The summed E-state index contributed by atoms with van der Waals surface area (Å²) in [5.74, 6) is 2.08. The maximum atomic E-state index is 12.6. The van der Waals surface area contributed by atoms with E-state index >= 15 is 0 Å². The molecule has 0 aromatic rings. The second-order valence-corrected chi connectivity index (χ2v) is 7.06. The first kappa shape index (κ1) is 16.8. The molecular weight excluding hydrogens is 264 g/mol. The largest absolute Gasteiger partial charge is 0.465 e. The standard InChI is InChI=1S/C17H32N2O2/c1-5-9-18-17(15-7-8-15,16(20)21-6-2)12-19(4)11-14-10-13(14)3/h13-15,18H,5-12H2,1-4H3. The number of nitrogens with zero attached hydrogens (tertiary/aromatic N) is 1. The first-order valence-corrected chi connectivity index (χ1v) is 8.64. The summed E-state index contributed by atoms with van der Waals surface area (Å²) in [6, 6.07) is 0. The van der Waals surface area contributed by atoms with Crippen molar-refractivity contribution in [3.05, 3.63) is 0 Å². The molecule has 0 heterocycles. The molecule has 21 heavy (non-hydrogen) atoms. The molecule has 2 rings (SSSR count). The number of rotatable bonds is 10. The van der Waals surface area contributed by atoms with Gasteiger partial charge >= 0.3 is 5.97 Å². The summed E-state index contributed by atoms with van der Waals surface area (Å²) in [4.78, 5) is 15.0. The van der Waals surface area contributed by atoms with Gasteiger partial charge in [0.05, 0.1) is 6.61 Å². The fourth-order valence-electron chi connectivity index (χ4n) is 3.36. The molecule has 4 nitrogen and oxygen atoms in total. The monoisotopic (exact) mass is 296 g/mol. The summed E-state index contributed by atoms with van der Waals surface area (Å²) >= 11 is 0. The van der Waals surface area contributed by atoms with E-state index in [1.807, 2.05) is 6.92 Å². The Balaban J connectivity index is 2.03. The minimum absolute atomic E-state index is 0.0448. The molecule has 0 aromatic carbocycles. The van der Waals surface area contributed by atoms with Gasteiger partial charge in [-0.25, -0.2) is 4.79 Å². The van der Waals surface area contributed by atoms with Crippen LogP contribution in [-0.4, -0.2) is 49.7 Å². The van der Waals surface area contributed by atoms with Crippen LogP contribution in [0.4, 0.5) is 0 Å². The molecule has 3 unspecified atom stereocenters. The molecule has 3 atom stereocenters. The molecule has 0 aromatic heterocycles. The van der Waals surface area contributed by atoms with Crippen LogP contribution in [0.15, 0.2) is 0 Å². The van der Waals surface area contributed by atoms with E-state index in [4.69, 9.17) is 4.74 Å². The Morgan fingerprint density at radius 3 is 2.52 bits per heavy atom. The molecule has 2 aliphatic carbocycles. The summed E-state index contributed by atoms with van der Waals surface area (Å²) in [5.41, 5.74) is -0.487. The van der Waals surface area contributed by atoms with Gasteiger partial charge in [0, 0.05) is 13.1 Å². The summed E-state index contributed by atoms with van der Waals surface area (Å²) in [6.07, 6.45) is 4.66. The average Bonchev–Trinajstić information content (AvgIpc) is 3.33. The number of carbonyl (C=O) groups is 1. The number of nitrogens with one attached hydrogen (secondary N) is 1. The maximum Gasteiger partial charge on any atom is 0.327 e. The molecule has 0 aliphatic heterocycles. The molecular formula is C17H32N2O2. The van der Waals surface area contributed by atoms with Crippen molar-refractivity contribution in [1.29, 1.82) is 0 Å². The lowest BCUT2D eigenvalue weighted by Gasteiger charge is -2.36. The van der Waals surface area contributed by atoms with E-state index < -0.39 is 5.54 Å². The summed E-state index contributed by atoms with van der Waals surface area (Å²) < 4.78 is 5.42. The Labute approximate surface area is 129 Å². The van der Waals surface area contributed by atoms with Gasteiger partial charge in [0.25, 0.3) is 0 Å². The third kappa shape index (κ3) is 4.19. The first-order valence-electron chi connectivity index (χ1n) is 8.64. The Hall–Kier alpha value is -0.610. The van der Waals surface area contributed by atoms with Gasteiger partial charge in [-0.05, 0) is 64.0 Å². The highest BCUT2D eigenvalue weighted by atomic mass is 16.5. The van der Waals surface area contributed by atoms with E-state index in [1.54, 1.807) is 0 Å². The van der Waals surface area contributed by atoms with E-state index in [0.717, 1.165) is 50.7 Å². The molecule has 0 saturated heterocycles. The van der Waals surface area contributed by atoms with Crippen molar-refractivity contribution in [2.45, 2.75) is 52.0 Å². The van der Waals surface area contributed by atoms with E-state index in [-0.39, 0.29) is 5.97 Å². The Morgan fingerprint density at radius 1 is 1.38 bits per heavy atom. The SMILES string of the molecule is CCCNC(CN(C)CC1CC1C)(C(=O)OCC)C1CC1. The zero-order valence-electron chi connectivity index (χ0n) is 14.2. The Morgan fingerprint density at radius 2 is 2.05 bits per heavy atom. The number of esters is 1. The second kappa shape index (κ2) is 7.10. The molecule has 2 fully saturated rings. The van der Waals surface area contributed by atoms with E-state index in [1.165, 1.54) is 6.42 Å². The van der Waals surface area contributed by atoms with Gasteiger partial charge in [-0.15, -0.1) is 0 Å². The van der Waals surface area contributed by atoms with Crippen molar-refractivity contribution in [1.82, 2.24) is 10.2 Å². The molecule has 122 valence electrons. The van der Waals surface area contributed by atoms with E-state index in [0.29, 0.717) is 12.5 Å². The van der Waals surface area contributed by atoms with Crippen LogP contribution in [0.5, 0.6) is 0 Å². The predicted molar refractivity (Wildman–Crippen MR) is 85.1 cm³/mol. The molecule has 0 spiro atoms. The van der Waals surface area contributed by atoms with Crippen molar-refractivity contribution in [2.24, 2.45) is 17.8 Å². The number of hydrogen-bond donors (Lipinski definition) is 1. The summed E-state index contributed by atoms with van der Waals surface area (Å²) in [6.45, 7) is 9.57. The van der Waals surface area contributed by atoms with Crippen LogP contribution < -0.4 is 5.32 Å². The van der Waals surface area contributed by atoms with Gasteiger partial charge in [-0.3, -0.25) is 0 Å². The zero-order valence-corrected chi connectivity index (χ0v) is 14.2. The second-order valence-electron chi connectivity index (χ2n) is 7.06. The quantitative estimate of drug-likeness (QED) is 0.628. The van der Waals surface area contributed by atoms with Crippen LogP contribution in [0.1, 0.15) is 46.5 Å². The molecule has 2 aliphatic rings. The van der Waals surface area contributed by atoms with Gasteiger partial charge in [-0.2, -0.15) is 0 Å². The van der Waals surface area contributed by atoms with E-state index in [2.05, 4.69) is 31.1 Å². The zero-order chi connectivity index (χ0) is 15.5. The Kier molecular flexibility index (Phi) is 5.67. The Bertz CT molecular complexity index is 357. The normalized spacial score (nSPS) is 27.5. The maximum absolute atomic E-state index is 12.6. The number of ether oxygens (including phenoxy) is 1. The van der Waals surface area contributed by atoms with Gasteiger partial charge in [-0.1, -0.05) is 13.8 Å².